The minimum absolute atomic E-state index is 0.0283. The molecule has 0 aliphatic rings. The highest BCUT2D eigenvalue weighted by Gasteiger charge is 2.15. The first kappa shape index (κ1) is 18.3. The average molecular weight is 432 g/mol. The van der Waals surface area contributed by atoms with Crippen LogP contribution in [-0.4, -0.2) is 20.2 Å². The van der Waals surface area contributed by atoms with Crippen molar-refractivity contribution in [2.45, 2.75) is 20.4 Å². The number of halogens is 1. The highest BCUT2D eigenvalue weighted by atomic mass is 79.9. The summed E-state index contributed by atoms with van der Waals surface area (Å²) in [5.41, 5.74) is 12.6. The molecule has 2 aromatic carbocycles. The Morgan fingerprint density at radius 3 is 2.73 bits per heavy atom. The van der Waals surface area contributed by atoms with Gasteiger partial charge < -0.3 is 5.73 Å². The third-order valence-corrected chi connectivity index (χ3v) is 5.01. The monoisotopic (exact) mass is 431 g/mol. The Labute approximate surface area is 164 Å². The van der Waals surface area contributed by atoms with Crippen LogP contribution in [0.4, 0.5) is 11.6 Å². The number of nitrogens with zero attached hydrogens (tertiary/aromatic N) is 3. The molecule has 0 bridgehead atoms. The van der Waals surface area contributed by atoms with Crippen molar-refractivity contribution >= 4 is 45.6 Å². The fourth-order valence-electron chi connectivity index (χ4n) is 2.59. The number of hydrogen-bond acceptors (Lipinski definition) is 5. The summed E-state index contributed by atoms with van der Waals surface area (Å²) < 4.78 is 4.15. The standard InChI is InChI=1S/C18H18BrN5OS/c1-11-5-3-8-15(12(11)2)16(25)10-23-18(26)24(17(20)22-23)21-14-7-4-6-13(19)9-14/h3-9,21H,10H2,1-2H3,(H2,20,22). The molecular weight excluding hydrogens is 414 g/mol. The van der Waals surface area contributed by atoms with Crippen molar-refractivity contribution in [2.24, 2.45) is 0 Å². The van der Waals surface area contributed by atoms with Gasteiger partial charge in [-0.2, -0.15) is 4.68 Å². The number of nitrogens with two attached hydrogens (primary N) is 1. The van der Waals surface area contributed by atoms with Crippen molar-refractivity contribution in [3.8, 4) is 0 Å². The fraction of sp³-hybridized carbons (Fsp3) is 0.167. The lowest BCUT2D eigenvalue weighted by molar-refractivity contribution is 0.0966. The smallest absolute Gasteiger partial charge is 0.240 e. The number of benzene rings is 2. The quantitative estimate of drug-likeness (QED) is 0.468. The van der Waals surface area contributed by atoms with E-state index in [1.165, 1.54) is 9.36 Å². The van der Waals surface area contributed by atoms with E-state index in [1.807, 2.05) is 56.3 Å². The number of rotatable bonds is 5. The van der Waals surface area contributed by atoms with E-state index in [0.717, 1.165) is 21.3 Å². The van der Waals surface area contributed by atoms with Crippen LogP contribution in [0.15, 0.2) is 46.9 Å². The fourth-order valence-corrected chi connectivity index (χ4v) is 3.24. The Hall–Kier alpha value is -2.45. The average Bonchev–Trinajstić information content (AvgIpc) is 2.85. The summed E-state index contributed by atoms with van der Waals surface area (Å²) >= 11 is 8.85. The number of carbonyl (C=O) groups excluding carboxylic acids is 1. The van der Waals surface area contributed by atoms with Crippen molar-refractivity contribution in [1.29, 1.82) is 0 Å². The molecule has 0 fully saturated rings. The van der Waals surface area contributed by atoms with Gasteiger partial charge in [0, 0.05) is 10.0 Å². The third-order valence-electron chi connectivity index (χ3n) is 4.13. The number of aryl methyl sites for hydroxylation is 1. The zero-order chi connectivity index (χ0) is 18.8. The summed E-state index contributed by atoms with van der Waals surface area (Å²) in [5, 5.41) is 4.20. The van der Waals surface area contributed by atoms with Gasteiger partial charge in [0.05, 0.1) is 5.69 Å². The van der Waals surface area contributed by atoms with E-state index in [1.54, 1.807) is 0 Å². The lowest BCUT2D eigenvalue weighted by Gasteiger charge is -2.08. The lowest BCUT2D eigenvalue weighted by Crippen LogP contribution is -2.15. The Morgan fingerprint density at radius 2 is 2.00 bits per heavy atom. The van der Waals surface area contributed by atoms with Crippen LogP contribution in [0, 0.1) is 18.6 Å². The first-order valence-corrected chi connectivity index (χ1v) is 9.14. The van der Waals surface area contributed by atoms with Crippen LogP contribution in [0.1, 0.15) is 21.5 Å². The van der Waals surface area contributed by atoms with Gasteiger partial charge in [-0.1, -0.05) is 40.2 Å². The molecule has 0 aliphatic carbocycles. The van der Waals surface area contributed by atoms with Gasteiger partial charge >= 0.3 is 0 Å². The van der Waals surface area contributed by atoms with E-state index in [9.17, 15) is 4.79 Å². The maximum absolute atomic E-state index is 12.7. The summed E-state index contributed by atoms with van der Waals surface area (Å²) in [4.78, 5) is 12.7. The van der Waals surface area contributed by atoms with Gasteiger partial charge in [0.2, 0.25) is 10.7 Å². The summed E-state index contributed by atoms with van der Waals surface area (Å²) in [6.45, 7) is 3.94. The van der Waals surface area contributed by atoms with Crippen molar-refractivity contribution in [3.63, 3.8) is 0 Å². The Morgan fingerprint density at radius 1 is 1.27 bits per heavy atom. The molecule has 26 heavy (non-hydrogen) atoms. The molecule has 0 spiro atoms. The molecule has 0 saturated carbocycles. The largest absolute Gasteiger partial charge is 0.366 e. The molecule has 1 aromatic heterocycles. The predicted molar refractivity (Wildman–Crippen MR) is 109 cm³/mol. The SMILES string of the molecule is Cc1cccc(C(=O)Cn2nc(N)n(Nc3cccc(Br)c3)c2=S)c1C. The Bertz CT molecular complexity index is 1040. The number of ketones is 1. The van der Waals surface area contributed by atoms with Gasteiger partial charge in [0.25, 0.3) is 0 Å². The molecule has 3 aromatic rings. The zero-order valence-electron chi connectivity index (χ0n) is 14.4. The summed E-state index contributed by atoms with van der Waals surface area (Å²) in [6.07, 6.45) is 0. The summed E-state index contributed by atoms with van der Waals surface area (Å²) in [5.74, 6) is 0.123. The number of nitrogens with one attached hydrogen (secondary N) is 1. The zero-order valence-corrected chi connectivity index (χ0v) is 16.8. The van der Waals surface area contributed by atoms with Gasteiger partial charge in [-0.25, -0.2) is 4.68 Å². The molecule has 0 atom stereocenters. The Balaban J connectivity index is 1.87. The predicted octanol–water partition coefficient (Wildman–Crippen LogP) is 4.13. The van der Waals surface area contributed by atoms with Crippen LogP contribution < -0.4 is 11.2 Å². The first-order valence-electron chi connectivity index (χ1n) is 7.94. The van der Waals surface area contributed by atoms with E-state index < -0.39 is 0 Å². The molecule has 0 unspecified atom stereocenters. The highest BCUT2D eigenvalue weighted by Crippen LogP contribution is 2.18. The number of anilines is 2. The van der Waals surface area contributed by atoms with Crippen molar-refractivity contribution in [3.05, 3.63) is 68.4 Å². The second-order valence-electron chi connectivity index (χ2n) is 5.93. The normalized spacial score (nSPS) is 10.7. The topological polar surface area (TPSA) is 77.9 Å². The van der Waals surface area contributed by atoms with E-state index >= 15 is 0 Å². The maximum atomic E-state index is 12.7. The van der Waals surface area contributed by atoms with Crippen molar-refractivity contribution < 1.29 is 4.79 Å². The third kappa shape index (κ3) is 3.71. The number of nitrogen functional groups attached to an aromatic ring is 1. The number of aromatic nitrogens is 3. The molecule has 1 heterocycles. The lowest BCUT2D eigenvalue weighted by atomic mass is 10.0. The van der Waals surface area contributed by atoms with Crippen LogP contribution in [0.3, 0.4) is 0 Å². The molecule has 0 radical (unpaired) electrons. The number of carbonyl (C=O) groups is 1. The molecular formula is C18H18BrN5OS. The van der Waals surface area contributed by atoms with Crippen LogP contribution in [0.25, 0.3) is 0 Å². The second-order valence-corrected chi connectivity index (χ2v) is 7.21. The van der Waals surface area contributed by atoms with Crippen LogP contribution in [0.2, 0.25) is 0 Å². The van der Waals surface area contributed by atoms with E-state index in [2.05, 4.69) is 26.5 Å². The van der Waals surface area contributed by atoms with Gasteiger partial charge in [0.1, 0.15) is 6.54 Å². The minimum atomic E-state index is -0.0607. The maximum Gasteiger partial charge on any atom is 0.240 e. The molecule has 0 saturated heterocycles. The molecule has 0 amide bonds. The molecule has 6 nitrogen and oxygen atoms in total. The highest BCUT2D eigenvalue weighted by molar-refractivity contribution is 9.10. The summed E-state index contributed by atoms with van der Waals surface area (Å²) in [7, 11) is 0. The van der Waals surface area contributed by atoms with E-state index in [-0.39, 0.29) is 18.3 Å². The minimum Gasteiger partial charge on any atom is -0.366 e. The molecule has 3 N–H and O–H groups in total. The van der Waals surface area contributed by atoms with Gasteiger partial charge in [0.15, 0.2) is 5.78 Å². The van der Waals surface area contributed by atoms with Gasteiger partial charge in [-0.05, 0) is 55.4 Å². The van der Waals surface area contributed by atoms with Crippen LogP contribution in [-0.2, 0) is 6.54 Å². The molecule has 3 rings (SSSR count). The van der Waals surface area contributed by atoms with Gasteiger partial charge in [-0.3, -0.25) is 10.2 Å². The summed E-state index contributed by atoms with van der Waals surface area (Å²) in [6, 6.07) is 13.2. The van der Waals surface area contributed by atoms with Crippen molar-refractivity contribution in [1.82, 2.24) is 14.5 Å². The molecule has 134 valence electrons. The van der Waals surface area contributed by atoms with Crippen LogP contribution in [0.5, 0.6) is 0 Å². The second kappa shape index (κ2) is 7.43. The molecule has 8 heteroatoms. The molecule has 0 aliphatic heterocycles. The van der Waals surface area contributed by atoms with E-state index in [4.69, 9.17) is 18.0 Å². The number of Topliss-reactive ketones (excluding diaryl/α,β-unsaturated/α-hetero) is 1. The van der Waals surface area contributed by atoms with Gasteiger partial charge in [-0.15, -0.1) is 5.10 Å². The Kier molecular flexibility index (Phi) is 5.24. The van der Waals surface area contributed by atoms with Crippen molar-refractivity contribution in [2.75, 3.05) is 11.2 Å². The van der Waals surface area contributed by atoms with Crippen LogP contribution >= 0.6 is 28.1 Å². The number of hydrogen-bond donors (Lipinski definition) is 2. The van der Waals surface area contributed by atoms with E-state index in [0.29, 0.717) is 10.3 Å². The first-order chi connectivity index (χ1) is 12.4.